The van der Waals surface area contributed by atoms with Gasteiger partial charge in [-0.05, 0) is 32.1 Å². The quantitative estimate of drug-likeness (QED) is 0.702. The molecule has 1 aromatic carbocycles. The minimum Gasteiger partial charge on any atom is -0.496 e. The first-order chi connectivity index (χ1) is 7.67. The highest BCUT2D eigenvalue weighted by Crippen LogP contribution is 2.25. The van der Waals surface area contributed by atoms with Gasteiger partial charge in [0, 0.05) is 11.6 Å². The smallest absolute Gasteiger partial charge is 0.129 e. The predicted molar refractivity (Wildman–Crippen MR) is 68.0 cm³/mol. The molecule has 1 rings (SSSR count). The lowest BCUT2D eigenvalue weighted by Gasteiger charge is -2.08. The fourth-order valence-electron chi connectivity index (χ4n) is 1.25. The van der Waals surface area contributed by atoms with Crippen LogP contribution in [-0.4, -0.2) is 13.7 Å². The maximum atomic E-state index is 5.57. The molecule has 0 unspecified atom stereocenters. The van der Waals surface area contributed by atoms with Gasteiger partial charge in [-0.3, -0.25) is 0 Å². The van der Waals surface area contributed by atoms with E-state index in [1.807, 2.05) is 38.1 Å². The van der Waals surface area contributed by atoms with Gasteiger partial charge in [0.1, 0.15) is 18.1 Å². The molecule has 0 bridgehead atoms. The molecule has 0 aliphatic heterocycles. The molecule has 0 radical (unpaired) electrons. The van der Waals surface area contributed by atoms with Crippen molar-refractivity contribution < 1.29 is 9.47 Å². The van der Waals surface area contributed by atoms with Crippen molar-refractivity contribution in [3.63, 3.8) is 0 Å². The van der Waals surface area contributed by atoms with Crippen LogP contribution < -0.4 is 9.47 Å². The Labute approximate surface area is 97.2 Å². The second-order valence-electron chi connectivity index (χ2n) is 3.70. The van der Waals surface area contributed by atoms with Crippen molar-refractivity contribution in [1.29, 1.82) is 0 Å². The molecule has 0 amide bonds. The van der Waals surface area contributed by atoms with Gasteiger partial charge >= 0.3 is 0 Å². The van der Waals surface area contributed by atoms with Crippen LogP contribution in [-0.2, 0) is 0 Å². The summed E-state index contributed by atoms with van der Waals surface area (Å²) in [4.78, 5) is 0. The zero-order valence-corrected chi connectivity index (χ0v) is 10.1. The van der Waals surface area contributed by atoms with Crippen molar-refractivity contribution in [2.45, 2.75) is 13.8 Å². The first-order valence-corrected chi connectivity index (χ1v) is 5.24. The zero-order chi connectivity index (χ0) is 12.0. The summed E-state index contributed by atoms with van der Waals surface area (Å²) in [5.41, 5.74) is 2.21. The molecule has 2 nitrogen and oxygen atoms in total. The summed E-state index contributed by atoms with van der Waals surface area (Å²) in [5, 5.41) is 0. The molecule has 0 N–H and O–H groups in total. The maximum absolute atomic E-state index is 5.57. The molecular weight excluding hydrogens is 200 g/mol. The summed E-state index contributed by atoms with van der Waals surface area (Å²) in [5.74, 6) is 1.59. The van der Waals surface area contributed by atoms with Crippen LogP contribution in [0.25, 0.3) is 6.08 Å². The van der Waals surface area contributed by atoms with Crippen LogP contribution in [0.2, 0.25) is 0 Å². The molecule has 2 heteroatoms. The van der Waals surface area contributed by atoms with Crippen LogP contribution in [0, 0.1) is 0 Å². The Bertz CT molecular complexity index is 388. The Morgan fingerprint density at radius 3 is 2.69 bits per heavy atom. The van der Waals surface area contributed by atoms with Crippen molar-refractivity contribution in [3.05, 3.63) is 42.0 Å². The van der Waals surface area contributed by atoms with Crippen LogP contribution in [0.5, 0.6) is 11.5 Å². The third-order valence-electron chi connectivity index (χ3n) is 2.17. The van der Waals surface area contributed by atoms with Crippen molar-refractivity contribution in [3.8, 4) is 11.5 Å². The Morgan fingerprint density at radius 1 is 1.38 bits per heavy atom. The SMILES string of the molecule is C=Cc1ccc(OCC=C(C)C)cc1OC. The third-order valence-corrected chi connectivity index (χ3v) is 2.17. The van der Waals surface area contributed by atoms with Crippen molar-refractivity contribution in [2.75, 3.05) is 13.7 Å². The van der Waals surface area contributed by atoms with Gasteiger partial charge in [-0.2, -0.15) is 0 Å². The molecule has 0 saturated heterocycles. The predicted octanol–water partition coefficient (Wildman–Crippen LogP) is 3.68. The Balaban J connectivity index is 2.75. The molecular formula is C14H18O2. The summed E-state index contributed by atoms with van der Waals surface area (Å²) in [6, 6.07) is 5.72. The molecule has 0 spiro atoms. The minimum atomic E-state index is 0.582. The number of rotatable bonds is 5. The number of ether oxygens (including phenoxy) is 2. The van der Waals surface area contributed by atoms with Gasteiger partial charge in [0.25, 0.3) is 0 Å². The van der Waals surface area contributed by atoms with E-state index in [9.17, 15) is 0 Å². The lowest BCUT2D eigenvalue weighted by molar-refractivity contribution is 0.356. The Morgan fingerprint density at radius 2 is 2.12 bits per heavy atom. The number of methoxy groups -OCH3 is 1. The molecule has 16 heavy (non-hydrogen) atoms. The molecule has 0 aliphatic carbocycles. The minimum absolute atomic E-state index is 0.582. The first-order valence-electron chi connectivity index (χ1n) is 5.24. The number of allylic oxidation sites excluding steroid dienone is 1. The van der Waals surface area contributed by atoms with Gasteiger partial charge < -0.3 is 9.47 Å². The van der Waals surface area contributed by atoms with E-state index in [0.717, 1.165) is 17.1 Å². The van der Waals surface area contributed by atoms with Crippen molar-refractivity contribution in [1.82, 2.24) is 0 Å². The van der Waals surface area contributed by atoms with Gasteiger partial charge in [-0.1, -0.05) is 18.2 Å². The van der Waals surface area contributed by atoms with Gasteiger partial charge in [0.05, 0.1) is 7.11 Å². The van der Waals surface area contributed by atoms with Crippen LogP contribution in [0.4, 0.5) is 0 Å². The average Bonchev–Trinajstić information content (AvgIpc) is 2.28. The van der Waals surface area contributed by atoms with E-state index in [2.05, 4.69) is 6.58 Å². The normalized spacial score (nSPS) is 9.44. The van der Waals surface area contributed by atoms with Gasteiger partial charge in [0.2, 0.25) is 0 Å². The van der Waals surface area contributed by atoms with Gasteiger partial charge in [-0.15, -0.1) is 0 Å². The van der Waals surface area contributed by atoms with E-state index in [1.165, 1.54) is 5.57 Å². The van der Waals surface area contributed by atoms with E-state index < -0.39 is 0 Å². The number of hydrogen-bond donors (Lipinski definition) is 0. The van der Waals surface area contributed by atoms with E-state index in [-0.39, 0.29) is 0 Å². The summed E-state index contributed by atoms with van der Waals surface area (Å²) in [7, 11) is 1.64. The average molecular weight is 218 g/mol. The standard InChI is InChI=1S/C14H18O2/c1-5-12-6-7-13(10-14(12)15-4)16-9-8-11(2)3/h5-8,10H,1,9H2,2-4H3. The molecule has 0 atom stereocenters. The highest BCUT2D eigenvalue weighted by Gasteiger charge is 2.01. The fourth-order valence-corrected chi connectivity index (χ4v) is 1.25. The van der Waals surface area contributed by atoms with Gasteiger partial charge in [0.15, 0.2) is 0 Å². The largest absolute Gasteiger partial charge is 0.496 e. The van der Waals surface area contributed by atoms with Crippen molar-refractivity contribution in [2.24, 2.45) is 0 Å². The van der Waals surface area contributed by atoms with Gasteiger partial charge in [-0.25, -0.2) is 0 Å². The Hall–Kier alpha value is -1.70. The fraction of sp³-hybridized carbons (Fsp3) is 0.286. The van der Waals surface area contributed by atoms with Crippen LogP contribution >= 0.6 is 0 Å². The van der Waals surface area contributed by atoms with Crippen molar-refractivity contribution >= 4 is 6.08 Å². The topological polar surface area (TPSA) is 18.5 Å². The third kappa shape index (κ3) is 3.46. The van der Waals surface area contributed by atoms with Crippen LogP contribution in [0.15, 0.2) is 36.4 Å². The molecule has 1 aromatic rings. The zero-order valence-electron chi connectivity index (χ0n) is 10.1. The van der Waals surface area contributed by atoms with E-state index in [0.29, 0.717) is 6.61 Å². The van der Waals surface area contributed by atoms with E-state index in [4.69, 9.17) is 9.47 Å². The summed E-state index contributed by atoms with van der Waals surface area (Å²) >= 11 is 0. The maximum Gasteiger partial charge on any atom is 0.129 e. The molecule has 0 heterocycles. The first kappa shape index (κ1) is 12.4. The molecule has 0 saturated carbocycles. The second kappa shape index (κ2) is 6.01. The second-order valence-corrected chi connectivity index (χ2v) is 3.70. The Kier molecular flexibility index (Phi) is 4.65. The molecule has 0 fully saturated rings. The summed E-state index contributed by atoms with van der Waals surface area (Å²) in [6.45, 7) is 8.40. The highest BCUT2D eigenvalue weighted by atomic mass is 16.5. The summed E-state index contributed by atoms with van der Waals surface area (Å²) < 4.78 is 10.8. The van der Waals surface area contributed by atoms with E-state index >= 15 is 0 Å². The lowest BCUT2D eigenvalue weighted by Crippen LogP contribution is -1.95. The van der Waals surface area contributed by atoms with E-state index in [1.54, 1.807) is 13.2 Å². The number of hydrogen-bond acceptors (Lipinski definition) is 2. The molecule has 0 aromatic heterocycles. The molecule has 0 aliphatic rings. The van der Waals surface area contributed by atoms with Crippen LogP contribution in [0.3, 0.4) is 0 Å². The number of benzene rings is 1. The molecule has 86 valence electrons. The summed E-state index contributed by atoms with van der Waals surface area (Å²) in [6.07, 6.45) is 3.80. The lowest BCUT2D eigenvalue weighted by atomic mass is 10.2. The van der Waals surface area contributed by atoms with Crippen LogP contribution in [0.1, 0.15) is 19.4 Å². The monoisotopic (exact) mass is 218 g/mol. The highest BCUT2D eigenvalue weighted by molar-refractivity contribution is 5.57.